The molecular weight excluding hydrogens is 1050 g/mol. The normalized spacial score (nSPS) is 28.5. The van der Waals surface area contributed by atoms with Gasteiger partial charge in [-0.2, -0.15) is 0 Å². The van der Waals surface area contributed by atoms with E-state index in [0.29, 0.717) is 23.7 Å². The Kier molecular flexibility index (Phi) is 20.4. The van der Waals surface area contributed by atoms with Crippen molar-refractivity contribution in [3.05, 3.63) is 58.7 Å². The molecule has 0 unspecified atom stereocenters. The van der Waals surface area contributed by atoms with Crippen LogP contribution in [0.4, 0.5) is 4.79 Å². The van der Waals surface area contributed by atoms with Gasteiger partial charge >= 0.3 is 30.0 Å². The minimum atomic E-state index is -3.04. The van der Waals surface area contributed by atoms with E-state index in [2.05, 4.69) is 67.6 Å². The van der Waals surface area contributed by atoms with E-state index in [9.17, 15) is 19.5 Å². The number of alkyl carbamates (subject to hydrolysis) is 1. The van der Waals surface area contributed by atoms with Crippen molar-refractivity contribution in [1.29, 1.82) is 0 Å². The molecule has 450 valence electrons. The summed E-state index contributed by atoms with van der Waals surface area (Å²) in [6.45, 7) is 41.0. The second kappa shape index (κ2) is 24.6. The SMILES string of the molecule is CC[Si](CC)(CC)O[C@H]1C[C@H]2OC[C@@]2(OC(C)=O)[C@H]2[C@H](OC(=O)c3ccccc3)[C@]3(O)C[C@H](OC(=O)[C@H](O[Si](C(C)C)(C(C)C)C(C)C)[C@H](C=C(C)C)NC(=O)OC(C)(C)C)C(C)=C([C@@H](OC(=O)CC(C)(C)C)C(=O)[C@]12C)C3(C)C. The zero-order chi connectivity index (χ0) is 60.7. The molecule has 1 aromatic rings. The number of benzene rings is 1. The first-order valence-electron chi connectivity index (χ1n) is 29.2. The average Bonchev–Trinajstić information content (AvgIpc) is 3.52. The van der Waals surface area contributed by atoms with Gasteiger partial charge in [0.25, 0.3) is 0 Å². The highest BCUT2D eigenvalue weighted by atomic mass is 28.4. The van der Waals surface area contributed by atoms with Crippen LogP contribution in [0, 0.1) is 22.2 Å². The second-order valence-electron chi connectivity index (χ2n) is 27.4. The van der Waals surface area contributed by atoms with Crippen LogP contribution in [0.25, 0.3) is 0 Å². The molecule has 4 aliphatic rings. The van der Waals surface area contributed by atoms with Gasteiger partial charge in [0.05, 0.1) is 42.1 Å². The van der Waals surface area contributed by atoms with Gasteiger partial charge in [-0.15, -0.1) is 0 Å². The molecule has 1 aromatic carbocycles. The minimum Gasteiger partial charge on any atom is -0.456 e. The van der Waals surface area contributed by atoms with Crippen molar-refractivity contribution in [1.82, 2.24) is 5.32 Å². The summed E-state index contributed by atoms with van der Waals surface area (Å²) in [5.41, 5.74) is -7.79. The number of hydrogen-bond donors (Lipinski definition) is 2. The molecule has 2 bridgehead atoms. The number of nitrogens with one attached hydrogen (secondary N) is 1. The van der Waals surface area contributed by atoms with Crippen LogP contribution < -0.4 is 5.32 Å². The number of esters is 4. The fraction of sp³-hybridized carbons (Fsp3) is 0.742. The highest BCUT2D eigenvalue weighted by Gasteiger charge is 2.79. The third-order valence-electron chi connectivity index (χ3n) is 18.2. The van der Waals surface area contributed by atoms with E-state index in [4.69, 9.17) is 37.3 Å². The number of hydrogen-bond acceptors (Lipinski definition) is 15. The molecule has 2 N–H and O–H groups in total. The summed E-state index contributed by atoms with van der Waals surface area (Å²) in [6, 6.07) is 9.20. The fourth-order valence-corrected chi connectivity index (χ4v) is 22.5. The predicted molar refractivity (Wildman–Crippen MR) is 312 cm³/mol. The molecule has 16 nitrogen and oxygen atoms in total. The third-order valence-corrected chi connectivity index (χ3v) is 28.9. The highest BCUT2D eigenvalue weighted by Crippen LogP contribution is 2.65. The van der Waals surface area contributed by atoms with E-state index in [0.717, 1.165) is 5.57 Å². The van der Waals surface area contributed by atoms with Crippen LogP contribution >= 0.6 is 0 Å². The molecule has 1 aliphatic heterocycles. The number of ketones is 1. The van der Waals surface area contributed by atoms with Crippen LogP contribution in [-0.2, 0) is 56.5 Å². The number of amides is 1. The molecule has 0 aromatic heterocycles. The topological polar surface area (TPSA) is 209 Å². The van der Waals surface area contributed by atoms with Gasteiger partial charge in [0, 0.05) is 25.2 Å². The zero-order valence-electron chi connectivity index (χ0n) is 52.4. The molecule has 80 heavy (non-hydrogen) atoms. The van der Waals surface area contributed by atoms with Crippen LogP contribution in [0.3, 0.4) is 0 Å². The van der Waals surface area contributed by atoms with Crippen molar-refractivity contribution in [2.24, 2.45) is 22.2 Å². The maximum Gasteiger partial charge on any atom is 0.408 e. The zero-order valence-corrected chi connectivity index (χ0v) is 54.4. The number of allylic oxidation sites excluding steroid dienone is 1. The van der Waals surface area contributed by atoms with Gasteiger partial charge in [-0.3, -0.25) is 14.4 Å². The predicted octanol–water partition coefficient (Wildman–Crippen LogP) is 12.1. The van der Waals surface area contributed by atoms with Crippen LogP contribution in [0.1, 0.15) is 182 Å². The van der Waals surface area contributed by atoms with Gasteiger partial charge in [-0.25, -0.2) is 14.4 Å². The van der Waals surface area contributed by atoms with Gasteiger partial charge in [0.1, 0.15) is 29.5 Å². The molecule has 5 rings (SSSR count). The van der Waals surface area contributed by atoms with Crippen molar-refractivity contribution in [3.63, 3.8) is 0 Å². The van der Waals surface area contributed by atoms with E-state index in [-0.39, 0.29) is 47.2 Å². The van der Waals surface area contributed by atoms with Gasteiger partial charge in [-0.05, 0) is 112 Å². The van der Waals surface area contributed by atoms with Crippen molar-refractivity contribution in [2.75, 3.05) is 6.61 Å². The summed E-state index contributed by atoms with van der Waals surface area (Å²) in [5, 5.41) is 17.6. The van der Waals surface area contributed by atoms with E-state index in [1.54, 1.807) is 84.9 Å². The summed E-state index contributed by atoms with van der Waals surface area (Å²) >= 11 is 0. The first kappa shape index (κ1) is 66.6. The summed E-state index contributed by atoms with van der Waals surface area (Å²) in [4.78, 5) is 90.1. The van der Waals surface area contributed by atoms with Crippen molar-refractivity contribution < 1.29 is 71.1 Å². The van der Waals surface area contributed by atoms with E-state index >= 15 is 14.4 Å². The van der Waals surface area contributed by atoms with Crippen molar-refractivity contribution in [2.45, 2.75) is 266 Å². The quantitative estimate of drug-likeness (QED) is 0.0539. The standard InChI is InChI=1S/C62H99NO15Si2/c1-23-79(24-2,25-3)77-45-32-46-61(35-71-46,75-41(13)64)51-53(74-54(67)42-29-27-26-28-30-42)62(70)33-44(40(12)48(59(62,20)21)50(52(66)60(45,51)22)73-47(65)34-57(14,15)16)72-55(68)49(78-80(37(6)7,38(8)9)39(10)11)43(31-36(4)5)63-56(69)76-58(17,18)19/h26-31,37-39,43-46,49-51,53,70H,23-25,32-35H2,1-22H3,(H,63,69)/t43-,44-,45-,46+,49+,50+,51-,53-,60+,61-,62+/m0/s1. The van der Waals surface area contributed by atoms with E-state index < -0.39 is 140 Å². The Labute approximate surface area is 480 Å². The van der Waals surface area contributed by atoms with Crippen molar-refractivity contribution in [3.8, 4) is 0 Å². The van der Waals surface area contributed by atoms with Gasteiger partial charge in [0.15, 0.2) is 31.9 Å². The summed E-state index contributed by atoms with van der Waals surface area (Å²) in [6.07, 6.45) is -7.80. The van der Waals surface area contributed by atoms with Gasteiger partial charge in [-0.1, -0.05) is 127 Å². The maximum atomic E-state index is 17.0. The summed E-state index contributed by atoms with van der Waals surface area (Å²) in [7, 11) is -5.72. The molecule has 2 saturated carbocycles. The Morgan fingerprint density at radius 2 is 1.41 bits per heavy atom. The lowest BCUT2D eigenvalue weighted by Gasteiger charge is -2.68. The molecule has 0 radical (unpaired) electrons. The first-order chi connectivity index (χ1) is 36.8. The fourth-order valence-electron chi connectivity index (χ4n) is 14.0. The molecule has 3 fully saturated rings. The number of rotatable bonds is 20. The highest BCUT2D eigenvalue weighted by molar-refractivity contribution is 6.77. The number of ether oxygens (including phenoxy) is 6. The number of aliphatic hydroxyl groups is 1. The minimum absolute atomic E-state index is 0.0331. The Bertz CT molecular complexity index is 2470. The second-order valence-corrected chi connectivity index (χ2v) is 37.5. The molecule has 1 saturated heterocycles. The molecular formula is C62H99NO15Si2. The van der Waals surface area contributed by atoms with E-state index in [1.807, 2.05) is 34.6 Å². The maximum absolute atomic E-state index is 17.0. The Morgan fingerprint density at radius 1 is 0.850 bits per heavy atom. The Balaban J connectivity index is 1.93. The molecule has 1 heterocycles. The average molecular weight is 1150 g/mol. The number of carbonyl (C=O) groups is 6. The lowest BCUT2D eigenvalue weighted by atomic mass is 9.44. The summed E-state index contributed by atoms with van der Waals surface area (Å²) < 4.78 is 53.8. The summed E-state index contributed by atoms with van der Waals surface area (Å²) in [5.74, 6) is -5.18. The monoisotopic (exact) mass is 1150 g/mol. The molecule has 3 aliphatic carbocycles. The Hall–Kier alpha value is -4.21. The molecule has 1 amide bonds. The van der Waals surface area contributed by atoms with Crippen LogP contribution in [0.5, 0.6) is 0 Å². The van der Waals surface area contributed by atoms with Crippen LogP contribution in [0.15, 0.2) is 53.1 Å². The largest absolute Gasteiger partial charge is 0.456 e. The van der Waals surface area contributed by atoms with E-state index in [1.165, 1.54) is 6.92 Å². The van der Waals surface area contributed by atoms with Crippen molar-refractivity contribution >= 4 is 52.4 Å². The first-order valence-corrected chi connectivity index (χ1v) is 33.9. The number of Topliss-reactive ketones (excluding diaryl/α,β-unsaturated/α-hetero) is 1. The molecule has 11 atom stereocenters. The number of carbonyl (C=O) groups excluding carboxylic acids is 6. The molecule has 18 heteroatoms. The number of fused-ring (bicyclic) bond motifs is 5. The van der Waals surface area contributed by atoms with Crippen LogP contribution in [0.2, 0.25) is 34.8 Å². The lowest BCUT2D eigenvalue weighted by molar-refractivity contribution is -0.344. The Morgan fingerprint density at radius 3 is 1.88 bits per heavy atom. The van der Waals surface area contributed by atoms with Gasteiger partial charge in [0.2, 0.25) is 8.32 Å². The van der Waals surface area contributed by atoms with Crippen LogP contribution in [-0.4, -0.2) is 124 Å². The molecule has 0 spiro atoms. The smallest absolute Gasteiger partial charge is 0.408 e. The third kappa shape index (κ3) is 12.9. The lowest BCUT2D eigenvalue weighted by Crippen LogP contribution is -2.82. The van der Waals surface area contributed by atoms with Gasteiger partial charge < -0.3 is 47.7 Å².